The number of rotatable bonds is 3. The number of hydrogen-bond donors (Lipinski definition) is 1. The van der Waals surface area contributed by atoms with Crippen LogP contribution in [0.4, 0.5) is 5.69 Å². The van der Waals surface area contributed by atoms with Crippen LogP contribution >= 0.6 is 23.4 Å². The molecule has 0 aliphatic heterocycles. The summed E-state index contributed by atoms with van der Waals surface area (Å²) in [6.45, 7) is 0. The first kappa shape index (κ1) is 12.7. The van der Waals surface area contributed by atoms with E-state index in [4.69, 9.17) is 11.6 Å². The van der Waals surface area contributed by atoms with Gasteiger partial charge in [0.05, 0.1) is 14.8 Å². The predicted octanol–water partition coefficient (Wildman–Crippen LogP) is 3.50. The van der Waals surface area contributed by atoms with Gasteiger partial charge in [-0.15, -0.1) is 0 Å². The highest BCUT2D eigenvalue weighted by Gasteiger charge is 2.13. The number of pyridine rings is 1. The Labute approximate surface area is 112 Å². The molecule has 18 heavy (non-hydrogen) atoms. The van der Waals surface area contributed by atoms with Crippen LogP contribution < -0.4 is 0 Å². The van der Waals surface area contributed by atoms with Gasteiger partial charge in [0.2, 0.25) is 0 Å². The molecule has 0 aliphatic carbocycles. The Kier molecular flexibility index (Phi) is 3.69. The molecule has 0 spiro atoms. The molecule has 2 aromatic rings. The minimum Gasteiger partial charge on any atom is -0.507 e. The number of benzene rings is 1. The maximum absolute atomic E-state index is 10.5. The lowest BCUT2D eigenvalue weighted by Gasteiger charge is -2.04. The summed E-state index contributed by atoms with van der Waals surface area (Å²) in [5.41, 5.74) is -0.165. The third-order valence-electron chi connectivity index (χ3n) is 2.08. The number of halogens is 1. The minimum absolute atomic E-state index is 0.110. The average Bonchev–Trinajstić information content (AvgIpc) is 2.34. The van der Waals surface area contributed by atoms with Crippen LogP contribution in [0.5, 0.6) is 5.75 Å². The zero-order valence-electron chi connectivity index (χ0n) is 8.91. The number of para-hydroxylation sites is 1. The van der Waals surface area contributed by atoms with Crippen molar-refractivity contribution in [3.63, 3.8) is 0 Å². The van der Waals surface area contributed by atoms with E-state index in [0.717, 1.165) is 18.0 Å². The van der Waals surface area contributed by atoms with Crippen LogP contribution in [-0.2, 0) is 0 Å². The summed E-state index contributed by atoms with van der Waals surface area (Å²) in [5, 5.41) is 20.7. The molecule has 0 bridgehead atoms. The summed E-state index contributed by atoms with van der Waals surface area (Å²) in [7, 11) is 0. The van der Waals surface area contributed by atoms with Crippen molar-refractivity contribution in [2.75, 3.05) is 0 Å². The summed E-state index contributed by atoms with van der Waals surface area (Å²) in [4.78, 5) is 14.5. The monoisotopic (exact) mass is 282 g/mol. The Hall–Kier alpha value is -1.79. The van der Waals surface area contributed by atoms with Gasteiger partial charge in [-0.05, 0) is 12.1 Å². The normalized spacial score (nSPS) is 10.3. The first-order chi connectivity index (χ1) is 8.58. The van der Waals surface area contributed by atoms with Crippen LogP contribution in [0.25, 0.3) is 0 Å². The fourth-order valence-corrected chi connectivity index (χ4v) is 2.30. The predicted molar refractivity (Wildman–Crippen MR) is 68.1 cm³/mol. The molecule has 0 saturated carbocycles. The fraction of sp³-hybridized carbons (Fsp3) is 0. The van der Waals surface area contributed by atoms with Crippen LogP contribution in [0.15, 0.2) is 46.5 Å². The molecule has 0 radical (unpaired) electrons. The standard InChI is InChI=1S/C11H7ClN2O3S/c12-8-5-7(14(16)17)6-13-11(8)18-10-4-2-1-3-9(10)15/h1-6,15H. The second kappa shape index (κ2) is 5.24. The Morgan fingerprint density at radius 1 is 1.39 bits per heavy atom. The van der Waals surface area contributed by atoms with Crippen molar-refractivity contribution in [1.29, 1.82) is 0 Å². The number of aromatic hydroxyl groups is 1. The van der Waals surface area contributed by atoms with E-state index in [-0.39, 0.29) is 16.5 Å². The lowest BCUT2D eigenvalue weighted by Crippen LogP contribution is -1.90. The van der Waals surface area contributed by atoms with E-state index in [1.54, 1.807) is 24.3 Å². The Morgan fingerprint density at radius 3 is 2.72 bits per heavy atom. The zero-order valence-corrected chi connectivity index (χ0v) is 10.5. The lowest BCUT2D eigenvalue weighted by atomic mass is 10.3. The molecule has 0 aliphatic rings. The minimum atomic E-state index is -0.562. The summed E-state index contributed by atoms with van der Waals surface area (Å²) >= 11 is 7.05. The SMILES string of the molecule is O=[N+]([O-])c1cnc(Sc2ccccc2O)c(Cl)c1. The van der Waals surface area contributed by atoms with Gasteiger partial charge in [-0.1, -0.05) is 35.5 Å². The second-order valence-electron chi connectivity index (χ2n) is 3.31. The van der Waals surface area contributed by atoms with Crippen LogP contribution in [0, 0.1) is 10.1 Å². The quantitative estimate of drug-likeness (QED) is 0.689. The molecular weight excluding hydrogens is 276 g/mol. The van der Waals surface area contributed by atoms with Crippen LogP contribution in [0.1, 0.15) is 0 Å². The fourth-order valence-electron chi connectivity index (χ4n) is 1.24. The van der Waals surface area contributed by atoms with E-state index in [1.807, 2.05) is 0 Å². The first-order valence-corrected chi connectivity index (χ1v) is 6.03. The van der Waals surface area contributed by atoms with Crippen molar-refractivity contribution in [1.82, 2.24) is 4.98 Å². The average molecular weight is 283 g/mol. The molecule has 0 saturated heterocycles. The van der Waals surface area contributed by atoms with Gasteiger partial charge in [-0.25, -0.2) is 4.98 Å². The molecule has 5 nitrogen and oxygen atoms in total. The maximum Gasteiger partial charge on any atom is 0.289 e. The van der Waals surface area contributed by atoms with Crippen molar-refractivity contribution < 1.29 is 10.0 Å². The van der Waals surface area contributed by atoms with Crippen LogP contribution in [0.3, 0.4) is 0 Å². The third-order valence-corrected chi connectivity index (χ3v) is 3.56. The van der Waals surface area contributed by atoms with E-state index in [9.17, 15) is 15.2 Å². The molecule has 0 fully saturated rings. The topological polar surface area (TPSA) is 76.3 Å². The highest BCUT2D eigenvalue weighted by atomic mass is 35.5. The second-order valence-corrected chi connectivity index (χ2v) is 4.75. The number of phenols is 1. The smallest absolute Gasteiger partial charge is 0.289 e. The molecule has 0 atom stereocenters. The maximum atomic E-state index is 10.5. The summed E-state index contributed by atoms with van der Waals surface area (Å²) in [5.74, 6) is 0.110. The van der Waals surface area contributed by atoms with Gasteiger partial charge in [0.15, 0.2) is 0 Å². The molecule has 0 unspecified atom stereocenters. The highest BCUT2D eigenvalue weighted by Crippen LogP contribution is 2.37. The van der Waals surface area contributed by atoms with Gasteiger partial charge in [0, 0.05) is 6.07 Å². The molecule has 0 amide bonds. The molecule has 7 heteroatoms. The Bertz CT molecular complexity index is 607. The molecule has 2 rings (SSSR count). The summed E-state index contributed by atoms with van der Waals surface area (Å²) in [6.07, 6.45) is 1.13. The number of nitrogens with zero attached hydrogens (tertiary/aromatic N) is 2. The largest absolute Gasteiger partial charge is 0.507 e. The Balaban J connectivity index is 2.30. The number of nitro groups is 1. The first-order valence-electron chi connectivity index (χ1n) is 4.83. The van der Waals surface area contributed by atoms with Gasteiger partial charge in [-0.2, -0.15) is 0 Å². The van der Waals surface area contributed by atoms with Gasteiger partial charge < -0.3 is 5.11 Å². The third kappa shape index (κ3) is 2.72. The zero-order chi connectivity index (χ0) is 13.1. The van der Waals surface area contributed by atoms with E-state index in [2.05, 4.69) is 4.98 Å². The van der Waals surface area contributed by atoms with E-state index in [0.29, 0.717) is 9.92 Å². The molecule has 92 valence electrons. The van der Waals surface area contributed by atoms with Crippen molar-refractivity contribution in [2.24, 2.45) is 0 Å². The van der Waals surface area contributed by atoms with Crippen molar-refractivity contribution in [2.45, 2.75) is 9.92 Å². The van der Waals surface area contributed by atoms with Gasteiger partial charge in [0.25, 0.3) is 5.69 Å². The molecular formula is C11H7ClN2O3S. The number of phenolic OH excluding ortho intramolecular Hbond substituents is 1. The van der Waals surface area contributed by atoms with Crippen LogP contribution in [-0.4, -0.2) is 15.0 Å². The van der Waals surface area contributed by atoms with Gasteiger partial charge in [-0.3, -0.25) is 10.1 Å². The van der Waals surface area contributed by atoms with Crippen molar-refractivity contribution >= 4 is 29.1 Å². The molecule has 1 heterocycles. The molecule has 1 N–H and O–H groups in total. The summed E-state index contributed by atoms with van der Waals surface area (Å²) in [6, 6.07) is 7.95. The van der Waals surface area contributed by atoms with E-state index in [1.165, 1.54) is 6.07 Å². The van der Waals surface area contributed by atoms with Gasteiger partial charge >= 0.3 is 0 Å². The molecule has 1 aromatic carbocycles. The molecule has 1 aromatic heterocycles. The van der Waals surface area contributed by atoms with Gasteiger partial charge in [0.1, 0.15) is 17.0 Å². The van der Waals surface area contributed by atoms with Crippen molar-refractivity contribution in [3.8, 4) is 5.75 Å². The number of aromatic nitrogens is 1. The van der Waals surface area contributed by atoms with E-state index < -0.39 is 4.92 Å². The van der Waals surface area contributed by atoms with E-state index >= 15 is 0 Å². The van der Waals surface area contributed by atoms with Crippen molar-refractivity contribution in [3.05, 3.63) is 51.7 Å². The highest BCUT2D eigenvalue weighted by molar-refractivity contribution is 7.99. The summed E-state index contributed by atoms with van der Waals surface area (Å²) < 4.78 is 0. The van der Waals surface area contributed by atoms with Crippen LogP contribution in [0.2, 0.25) is 5.02 Å². The number of hydrogen-bond acceptors (Lipinski definition) is 5. The Morgan fingerprint density at radius 2 is 2.11 bits per heavy atom. The lowest BCUT2D eigenvalue weighted by molar-refractivity contribution is -0.385.